The Morgan fingerprint density at radius 2 is 1.20 bits per heavy atom. The van der Waals surface area contributed by atoms with Crippen molar-refractivity contribution in [3.63, 3.8) is 0 Å². The molecule has 9 heteroatoms. The minimum absolute atomic E-state index is 0.0740. The Morgan fingerprint density at radius 3 is 1.69 bits per heavy atom. The Kier molecular flexibility index (Phi) is 5.06. The lowest BCUT2D eigenvalue weighted by atomic mass is 10.0. The zero-order valence-electron chi connectivity index (χ0n) is 17.6. The van der Waals surface area contributed by atoms with Gasteiger partial charge in [-0.05, 0) is 65.7 Å². The number of hydrogen-bond donors (Lipinski definition) is 0. The summed E-state index contributed by atoms with van der Waals surface area (Å²) in [7, 11) is 0. The number of pyridine rings is 1. The molecule has 0 fully saturated rings. The minimum Gasteiger partial charge on any atom is -0.309 e. The van der Waals surface area contributed by atoms with Gasteiger partial charge in [0.2, 0.25) is 0 Å². The molecule has 0 saturated heterocycles. The number of aromatic nitrogens is 2. The van der Waals surface area contributed by atoms with Crippen molar-refractivity contribution < 1.29 is 26.3 Å². The average Bonchev–Trinajstić information content (AvgIpc) is 3.16. The summed E-state index contributed by atoms with van der Waals surface area (Å²) in [5.41, 5.74) is -0.0131. The highest BCUT2D eigenvalue weighted by Crippen LogP contribution is 2.40. The normalized spacial score (nSPS) is 12.3. The predicted molar refractivity (Wildman–Crippen MR) is 119 cm³/mol. The van der Waals surface area contributed by atoms with Gasteiger partial charge in [0.25, 0.3) is 0 Å². The lowest BCUT2D eigenvalue weighted by Gasteiger charge is -2.13. The zero-order chi connectivity index (χ0) is 25.0. The summed E-state index contributed by atoms with van der Waals surface area (Å²) in [6.45, 7) is 0. The summed E-state index contributed by atoms with van der Waals surface area (Å²) in [5, 5.41) is 10.3. The molecule has 3 nitrogen and oxygen atoms in total. The number of nitriles is 1. The minimum atomic E-state index is -4.65. The maximum Gasteiger partial charge on any atom is 0.416 e. The molecule has 3 aromatic carbocycles. The number of halogens is 6. The van der Waals surface area contributed by atoms with Gasteiger partial charge in [-0.25, -0.2) is 0 Å². The number of nitrogens with zero attached hydrogens (tertiary/aromatic N) is 3. The van der Waals surface area contributed by atoms with Crippen LogP contribution in [-0.2, 0) is 12.4 Å². The van der Waals surface area contributed by atoms with Crippen molar-refractivity contribution in [2.75, 3.05) is 0 Å². The van der Waals surface area contributed by atoms with E-state index < -0.39 is 23.5 Å². The van der Waals surface area contributed by atoms with E-state index in [1.807, 2.05) is 6.07 Å². The second kappa shape index (κ2) is 7.87. The largest absolute Gasteiger partial charge is 0.416 e. The van der Waals surface area contributed by atoms with Gasteiger partial charge in [0.05, 0.1) is 33.8 Å². The van der Waals surface area contributed by atoms with Gasteiger partial charge < -0.3 is 4.57 Å². The number of fused-ring (bicyclic) bond motifs is 3. The average molecular weight is 481 g/mol. The maximum absolute atomic E-state index is 13.5. The molecule has 0 bridgehead atoms. The lowest BCUT2D eigenvalue weighted by Crippen LogP contribution is -2.06. The first-order chi connectivity index (χ1) is 16.6. The van der Waals surface area contributed by atoms with Gasteiger partial charge in [0, 0.05) is 28.9 Å². The molecule has 0 radical (unpaired) electrons. The summed E-state index contributed by atoms with van der Waals surface area (Å²) < 4.78 is 82.5. The third-order valence-electron chi connectivity index (χ3n) is 5.74. The van der Waals surface area contributed by atoms with E-state index in [9.17, 15) is 31.6 Å². The Morgan fingerprint density at radius 1 is 0.657 bits per heavy atom. The Balaban J connectivity index is 1.90. The molecule has 0 aliphatic carbocycles. The third-order valence-corrected chi connectivity index (χ3v) is 5.74. The fraction of sp³-hybridized carbons (Fsp3) is 0.0769. The second-order valence-electron chi connectivity index (χ2n) is 7.91. The predicted octanol–water partition coefficient (Wildman–Crippen LogP) is 7.75. The van der Waals surface area contributed by atoms with Gasteiger partial charge in [-0.15, -0.1) is 0 Å². The Hall–Kier alpha value is -4.32. The molecule has 0 amide bonds. The van der Waals surface area contributed by atoms with Gasteiger partial charge in [-0.1, -0.05) is 12.1 Å². The van der Waals surface area contributed by atoms with Crippen LogP contribution in [0.1, 0.15) is 16.7 Å². The molecule has 0 unspecified atom stereocenters. The summed E-state index contributed by atoms with van der Waals surface area (Å²) >= 11 is 0. The molecule has 5 aromatic rings. The van der Waals surface area contributed by atoms with E-state index in [2.05, 4.69) is 4.98 Å². The maximum atomic E-state index is 13.5. The van der Waals surface area contributed by atoms with Gasteiger partial charge in [-0.2, -0.15) is 31.6 Å². The smallest absolute Gasteiger partial charge is 0.309 e. The van der Waals surface area contributed by atoms with Crippen LogP contribution in [0.3, 0.4) is 0 Å². The van der Waals surface area contributed by atoms with E-state index >= 15 is 0 Å². The quantitative estimate of drug-likeness (QED) is 0.242. The molecule has 0 saturated carbocycles. The van der Waals surface area contributed by atoms with Crippen molar-refractivity contribution in [2.24, 2.45) is 0 Å². The summed E-state index contributed by atoms with van der Waals surface area (Å²) in [6.07, 6.45) is -6.22. The van der Waals surface area contributed by atoms with E-state index in [1.165, 1.54) is 22.8 Å². The zero-order valence-corrected chi connectivity index (χ0v) is 17.6. The first kappa shape index (κ1) is 22.5. The number of rotatable bonds is 2. The van der Waals surface area contributed by atoms with E-state index in [1.54, 1.807) is 36.7 Å². The molecule has 35 heavy (non-hydrogen) atoms. The van der Waals surface area contributed by atoms with Crippen LogP contribution in [0.5, 0.6) is 0 Å². The van der Waals surface area contributed by atoms with Crippen LogP contribution in [0.2, 0.25) is 0 Å². The van der Waals surface area contributed by atoms with Crippen LogP contribution >= 0.6 is 0 Å². The molecule has 5 rings (SSSR count). The number of hydrogen-bond acceptors (Lipinski definition) is 2. The summed E-state index contributed by atoms with van der Waals surface area (Å²) in [5.74, 6) is 0. The lowest BCUT2D eigenvalue weighted by molar-refractivity contribution is -0.138. The molecule has 0 N–H and O–H groups in total. The van der Waals surface area contributed by atoms with E-state index in [4.69, 9.17) is 0 Å². The van der Waals surface area contributed by atoms with E-state index in [-0.39, 0.29) is 22.3 Å². The van der Waals surface area contributed by atoms with Crippen molar-refractivity contribution in [3.8, 4) is 22.9 Å². The molecule has 0 aliphatic rings. The fourth-order valence-electron chi connectivity index (χ4n) is 4.17. The highest BCUT2D eigenvalue weighted by Gasteiger charge is 2.33. The molecule has 0 aliphatic heterocycles. The van der Waals surface area contributed by atoms with Crippen LogP contribution in [0, 0.1) is 11.3 Å². The summed E-state index contributed by atoms with van der Waals surface area (Å²) in [6, 6.07) is 16.2. The molecular weight excluding hydrogens is 468 g/mol. The topological polar surface area (TPSA) is 41.6 Å². The van der Waals surface area contributed by atoms with Crippen LogP contribution in [0.4, 0.5) is 26.3 Å². The molecule has 174 valence electrons. The molecule has 2 aromatic heterocycles. The molecular formula is C26H13F6N3. The van der Waals surface area contributed by atoms with Crippen LogP contribution in [0.25, 0.3) is 38.6 Å². The monoisotopic (exact) mass is 481 g/mol. The fourth-order valence-corrected chi connectivity index (χ4v) is 4.17. The third kappa shape index (κ3) is 3.97. The highest BCUT2D eigenvalue weighted by atomic mass is 19.4. The summed E-state index contributed by atoms with van der Waals surface area (Å²) in [4.78, 5) is 3.95. The molecule has 0 atom stereocenters. The van der Waals surface area contributed by atoms with Crippen molar-refractivity contribution >= 4 is 21.8 Å². The van der Waals surface area contributed by atoms with Crippen LogP contribution in [-0.4, -0.2) is 9.55 Å². The van der Waals surface area contributed by atoms with Gasteiger partial charge >= 0.3 is 12.4 Å². The van der Waals surface area contributed by atoms with Gasteiger partial charge in [0.15, 0.2) is 0 Å². The van der Waals surface area contributed by atoms with Crippen molar-refractivity contribution in [1.29, 1.82) is 5.26 Å². The van der Waals surface area contributed by atoms with Gasteiger partial charge in [-0.3, -0.25) is 4.98 Å². The Bertz CT molecular complexity index is 1550. The highest BCUT2D eigenvalue weighted by molar-refractivity contribution is 6.09. The Labute approximate surface area is 194 Å². The van der Waals surface area contributed by atoms with Crippen molar-refractivity contribution in [1.82, 2.24) is 9.55 Å². The molecule has 2 heterocycles. The SMILES string of the molecule is N#Cc1cc(-c2ccncc2)cc(-n2c3cc(C(F)(F)F)ccc3c3ccc(C(F)(F)F)cc32)c1. The van der Waals surface area contributed by atoms with Crippen molar-refractivity contribution in [3.05, 3.63) is 95.8 Å². The standard InChI is InChI=1S/C26H13F6N3/c27-25(28,29)18-1-3-21-22-4-2-19(26(30,31)32)13-24(22)35(23(21)12-18)20-10-15(14-33)9-17(11-20)16-5-7-34-8-6-16/h1-13H. The van der Waals surface area contributed by atoms with Crippen LogP contribution in [0.15, 0.2) is 79.1 Å². The molecule has 0 spiro atoms. The van der Waals surface area contributed by atoms with Gasteiger partial charge in [0.1, 0.15) is 0 Å². The first-order valence-electron chi connectivity index (χ1n) is 10.2. The van der Waals surface area contributed by atoms with E-state index in [0.29, 0.717) is 21.9 Å². The van der Waals surface area contributed by atoms with E-state index in [0.717, 1.165) is 24.3 Å². The number of benzene rings is 3. The van der Waals surface area contributed by atoms with Crippen molar-refractivity contribution in [2.45, 2.75) is 12.4 Å². The van der Waals surface area contributed by atoms with Crippen LogP contribution < -0.4 is 0 Å². The number of alkyl halides is 6. The second-order valence-corrected chi connectivity index (χ2v) is 7.91. The first-order valence-corrected chi connectivity index (χ1v) is 10.2.